The Hall–Kier alpha value is -3.85. The summed E-state index contributed by atoms with van der Waals surface area (Å²) in [5, 5.41) is 9.50. The molecule has 1 aromatic heterocycles. The van der Waals surface area contributed by atoms with Crippen molar-refractivity contribution in [3.63, 3.8) is 0 Å². The van der Waals surface area contributed by atoms with E-state index in [9.17, 15) is 10.1 Å². The number of rotatable bonds is 4. The third-order valence-electron chi connectivity index (χ3n) is 5.38. The molecule has 156 valence electrons. The predicted molar refractivity (Wildman–Crippen MR) is 121 cm³/mol. The monoisotopic (exact) mass is 412 g/mol. The van der Waals surface area contributed by atoms with Gasteiger partial charge in [-0.3, -0.25) is 4.79 Å². The van der Waals surface area contributed by atoms with E-state index in [-0.39, 0.29) is 11.6 Å². The number of oxazole rings is 1. The lowest BCUT2D eigenvalue weighted by molar-refractivity contribution is 0.0745. The van der Waals surface area contributed by atoms with Crippen LogP contribution in [0.2, 0.25) is 0 Å². The molecular formula is C25H24N4O2. The van der Waals surface area contributed by atoms with Crippen molar-refractivity contribution in [2.45, 2.75) is 13.8 Å². The van der Waals surface area contributed by atoms with Gasteiger partial charge in [0.25, 0.3) is 5.91 Å². The minimum Gasteiger partial charge on any atom is -0.420 e. The Morgan fingerprint density at radius 2 is 1.58 bits per heavy atom. The maximum absolute atomic E-state index is 12.7. The van der Waals surface area contributed by atoms with Crippen molar-refractivity contribution < 1.29 is 9.21 Å². The van der Waals surface area contributed by atoms with E-state index in [4.69, 9.17) is 4.42 Å². The fraction of sp³-hybridized carbons (Fsp3) is 0.240. The summed E-state index contributed by atoms with van der Waals surface area (Å²) in [4.78, 5) is 20.9. The molecule has 2 heterocycles. The van der Waals surface area contributed by atoms with Crippen LogP contribution < -0.4 is 4.90 Å². The fourth-order valence-electron chi connectivity index (χ4n) is 3.52. The summed E-state index contributed by atoms with van der Waals surface area (Å²) in [7, 11) is 0. The lowest BCUT2D eigenvalue weighted by Crippen LogP contribution is -2.48. The van der Waals surface area contributed by atoms with Crippen molar-refractivity contribution in [1.29, 1.82) is 5.26 Å². The molecule has 6 nitrogen and oxygen atoms in total. The highest BCUT2D eigenvalue weighted by Crippen LogP contribution is 2.24. The van der Waals surface area contributed by atoms with Crippen LogP contribution in [0.1, 0.15) is 38.6 Å². The van der Waals surface area contributed by atoms with Crippen LogP contribution in [-0.2, 0) is 0 Å². The Morgan fingerprint density at radius 3 is 2.19 bits per heavy atom. The Labute approximate surface area is 182 Å². The number of anilines is 1. The van der Waals surface area contributed by atoms with Gasteiger partial charge in [-0.2, -0.15) is 10.2 Å². The molecule has 1 aliphatic heterocycles. The van der Waals surface area contributed by atoms with Crippen molar-refractivity contribution in [2.75, 3.05) is 31.1 Å². The molecule has 1 amide bonds. The van der Waals surface area contributed by atoms with Crippen LogP contribution in [0.5, 0.6) is 0 Å². The van der Waals surface area contributed by atoms with Crippen LogP contribution in [-0.4, -0.2) is 42.0 Å². The zero-order valence-corrected chi connectivity index (χ0v) is 17.7. The van der Waals surface area contributed by atoms with E-state index in [0.717, 1.165) is 11.1 Å². The van der Waals surface area contributed by atoms with Gasteiger partial charge < -0.3 is 14.2 Å². The number of carbonyl (C=O) groups is 1. The third-order valence-corrected chi connectivity index (χ3v) is 5.38. The third kappa shape index (κ3) is 4.67. The van der Waals surface area contributed by atoms with Crippen LogP contribution >= 0.6 is 0 Å². The largest absolute Gasteiger partial charge is 0.420 e. The van der Waals surface area contributed by atoms with Crippen LogP contribution in [0, 0.1) is 25.2 Å². The molecule has 0 bridgehead atoms. The first-order valence-electron chi connectivity index (χ1n) is 10.3. The first kappa shape index (κ1) is 20.4. The minimum atomic E-state index is 0.0273. The zero-order valence-electron chi connectivity index (χ0n) is 17.7. The lowest BCUT2D eigenvalue weighted by atomic mass is 10.1. The van der Waals surface area contributed by atoms with Gasteiger partial charge >= 0.3 is 0 Å². The van der Waals surface area contributed by atoms with Crippen LogP contribution in [0.4, 0.5) is 5.88 Å². The summed E-state index contributed by atoms with van der Waals surface area (Å²) in [5.74, 6) is 0.887. The average Bonchev–Trinajstić information content (AvgIpc) is 3.22. The topological polar surface area (TPSA) is 73.4 Å². The molecule has 0 N–H and O–H groups in total. The van der Waals surface area contributed by atoms with Gasteiger partial charge in [-0.15, -0.1) is 0 Å². The standard InChI is InChI=1S/C25H24N4O2/c1-18-3-7-20(8-4-18)9-12-23-27-22(17-26)25(31-23)29-15-13-28(14-16-29)24(30)21-10-5-19(2)6-11-21/h3-12H,13-16H2,1-2H3/b12-9+. The molecule has 3 aromatic rings. The van der Waals surface area contributed by atoms with Crippen LogP contribution in [0.25, 0.3) is 12.2 Å². The van der Waals surface area contributed by atoms with Gasteiger partial charge in [-0.1, -0.05) is 47.5 Å². The maximum Gasteiger partial charge on any atom is 0.253 e. The van der Waals surface area contributed by atoms with Gasteiger partial charge in [0.05, 0.1) is 0 Å². The second kappa shape index (κ2) is 8.88. The van der Waals surface area contributed by atoms with Crippen LogP contribution in [0.15, 0.2) is 52.9 Å². The molecule has 1 saturated heterocycles. The molecule has 2 aromatic carbocycles. The van der Waals surface area contributed by atoms with E-state index in [1.807, 2.05) is 78.3 Å². The van der Waals surface area contributed by atoms with Gasteiger partial charge in [0.15, 0.2) is 0 Å². The number of hydrogen-bond acceptors (Lipinski definition) is 5. The second-order valence-electron chi connectivity index (χ2n) is 7.71. The number of nitriles is 1. The summed E-state index contributed by atoms with van der Waals surface area (Å²) < 4.78 is 5.89. The number of aromatic nitrogens is 1. The predicted octanol–water partition coefficient (Wildman–Crippen LogP) is 4.30. The molecule has 0 aliphatic carbocycles. The van der Waals surface area contributed by atoms with Crippen molar-refractivity contribution in [2.24, 2.45) is 0 Å². The highest BCUT2D eigenvalue weighted by atomic mass is 16.4. The van der Waals surface area contributed by atoms with Crippen molar-refractivity contribution >= 4 is 23.9 Å². The number of aryl methyl sites for hydroxylation is 2. The Bertz CT molecular complexity index is 1130. The molecular weight excluding hydrogens is 388 g/mol. The van der Waals surface area contributed by atoms with Crippen molar-refractivity contribution in [3.05, 3.63) is 82.4 Å². The Balaban J connectivity index is 1.43. The molecule has 0 unspecified atom stereocenters. The van der Waals surface area contributed by atoms with E-state index in [1.165, 1.54) is 5.56 Å². The smallest absolute Gasteiger partial charge is 0.253 e. The normalized spacial score (nSPS) is 14.1. The van der Waals surface area contributed by atoms with Gasteiger partial charge in [0.1, 0.15) is 6.07 Å². The first-order valence-corrected chi connectivity index (χ1v) is 10.3. The van der Waals surface area contributed by atoms with Crippen LogP contribution in [0.3, 0.4) is 0 Å². The summed E-state index contributed by atoms with van der Waals surface area (Å²) in [5.41, 5.74) is 4.32. The average molecular weight is 412 g/mol. The number of hydrogen-bond donors (Lipinski definition) is 0. The van der Waals surface area contributed by atoms with E-state index < -0.39 is 0 Å². The molecule has 6 heteroatoms. The van der Waals surface area contributed by atoms with E-state index in [0.29, 0.717) is 43.5 Å². The lowest BCUT2D eigenvalue weighted by Gasteiger charge is -2.34. The molecule has 4 rings (SSSR count). The van der Waals surface area contributed by atoms with Crippen molar-refractivity contribution in [1.82, 2.24) is 9.88 Å². The van der Waals surface area contributed by atoms with E-state index >= 15 is 0 Å². The summed E-state index contributed by atoms with van der Waals surface area (Å²) in [6.07, 6.45) is 3.68. The highest BCUT2D eigenvalue weighted by molar-refractivity contribution is 5.94. The van der Waals surface area contributed by atoms with Crippen molar-refractivity contribution in [3.8, 4) is 6.07 Å². The number of nitrogens with zero attached hydrogens (tertiary/aromatic N) is 4. The fourth-order valence-corrected chi connectivity index (χ4v) is 3.52. The molecule has 1 aliphatic rings. The Kier molecular flexibility index (Phi) is 5.85. The molecule has 0 radical (unpaired) electrons. The van der Waals surface area contributed by atoms with E-state index in [2.05, 4.69) is 11.1 Å². The molecule has 31 heavy (non-hydrogen) atoms. The molecule has 0 saturated carbocycles. The second-order valence-corrected chi connectivity index (χ2v) is 7.71. The number of piperazine rings is 1. The number of amides is 1. The van der Waals surface area contributed by atoms with E-state index in [1.54, 1.807) is 6.08 Å². The highest BCUT2D eigenvalue weighted by Gasteiger charge is 2.26. The number of carbonyl (C=O) groups excluding carboxylic acids is 1. The first-order chi connectivity index (χ1) is 15.0. The summed E-state index contributed by atoms with van der Waals surface area (Å²) in [6.45, 7) is 6.34. The van der Waals surface area contributed by atoms with Gasteiger partial charge in [0, 0.05) is 37.8 Å². The SMILES string of the molecule is Cc1ccc(/C=C/c2nc(C#N)c(N3CCN(C(=O)c4ccc(C)cc4)CC3)o2)cc1. The van der Waals surface area contributed by atoms with Gasteiger partial charge in [-0.05, 0) is 37.6 Å². The van der Waals surface area contributed by atoms with Gasteiger partial charge in [-0.25, -0.2) is 0 Å². The van der Waals surface area contributed by atoms with Gasteiger partial charge in [0.2, 0.25) is 17.5 Å². The zero-order chi connectivity index (χ0) is 21.8. The quantitative estimate of drug-likeness (QED) is 0.639. The Morgan fingerprint density at radius 1 is 0.968 bits per heavy atom. The summed E-state index contributed by atoms with van der Waals surface area (Å²) >= 11 is 0. The molecule has 0 atom stereocenters. The number of benzene rings is 2. The maximum atomic E-state index is 12.7. The summed E-state index contributed by atoms with van der Waals surface area (Å²) in [6, 6.07) is 17.9. The molecule has 0 spiro atoms. The minimum absolute atomic E-state index is 0.0273. The molecule has 1 fully saturated rings.